The Kier molecular flexibility index (Phi) is 7.23. The van der Waals surface area contributed by atoms with E-state index in [1.165, 1.54) is 6.92 Å². The van der Waals surface area contributed by atoms with Crippen molar-refractivity contribution >= 4 is 23.4 Å². The van der Waals surface area contributed by atoms with E-state index < -0.39 is 0 Å². The van der Waals surface area contributed by atoms with Crippen LogP contribution in [-0.4, -0.2) is 35.8 Å². The highest BCUT2D eigenvalue weighted by molar-refractivity contribution is 6.30. The molecule has 0 heterocycles. The number of halogens is 1. The van der Waals surface area contributed by atoms with Gasteiger partial charge in [0.25, 0.3) is 0 Å². The number of hydrogen-bond donors (Lipinski definition) is 1. The second-order valence-corrected chi connectivity index (χ2v) is 5.63. The standard InChI is InChI=1S/C16H23ClN2O2/c1-4-12(2)18-16(21)11-19(13(3)20)10-9-14-5-7-15(17)8-6-14/h5-8,12H,4,9-11H2,1-3H3,(H,18,21). The van der Waals surface area contributed by atoms with Crippen LogP contribution in [0.15, 0.2) is 24.3 Å². The molecule has 21 heavy (non-hydrogen) atoms. The summed E-state index contributed by atoms with van der Waals surface area (Å²) in [6.07, 6.45) is 1.57. The lowest BCUT2D eigenvalue weighted by molar-refractivity contribution is -0.134. The lowest BCUT2D eigenvalue weighted by Crippen LogP contribution is -2.43. The third-order valence-corrected chi connectivity index (χ3v) is 3.64. The Morgan fingerprint density at radius 2 is 1.90 bits per heavy atom. The number of nitrogens with one attached hydrogen (secondary N) is 1. The van der Waals surface area contributed by atoms with Gasteiger partial charge in [-0.1, -0.05) is 30.7 Å². The molecule has 0 aliphatic carbocycles. The Morgan fingerprint density at radius 3 is 2.43 bits per heavy atom. The summed E-state index contributed by atoms with van der Waals surface area (Å²) >= 11 is 5.84. The van der Waals surface area contributed by atoms with Crippen molar-refractivity contribution in [2.45, 2.75) is 39.7 Å². The average molecular weight is 311 g/mol. The summed E-state index contributed by atoms with van der Waals surface area (Å²) in [4.78, 5) is 25.1. The maximum absolute atomic E-state index is 11.9. The fraction of sp³-hybridized carbons (Fsp3) is 0.500. The first-order chi connectivity index (χ1) is 9.92. The van der Waals surface area contributed by atoms with Gasteiger partial charge in [0.15, 0.2) is 0 Å². The topological polar surface area (TPSA) is 49.4 Å². The summed E-state index contributed by atoms with van der Waals surface area (Å²) < 4.78 is 0. The minimum atomic E-state index is -0.115. The summed E-state index contributed by atoms with van der Waals surface area (Å²) in [5, 5.41) is 3.56. The van der Waals surface area contributed by atoms with E-state index >= 15 is 0 Å². The summed E-state index contributed by atoms with van der Waals surface area (Å²) in [6.45, 7) is 6.06. The van der Waals surface area contributed by atoms with Gasteiger partial charge in [-0.05, 0) is 37.5 Å². The third-order valence-electron chi connectivity index (χ3n) is 3.38. The lowest BCUT2D eigenvalue weighted by Gasteiger charge is -2.21. The second-order valence-electron chi connectivity index (χ2n) is 5.19. The van der Waals surface area contributed by atoms with Crippen LogP contribution in [0.25, 0.3) is 0 Å². The van der Waals surface area contributed by atoms with Crippen molar-refractivity contribution < 1.29 is 9.59 Å². The van der Waals surface area contributed by atoms with Crippen LogP contribution in [0, 0.1) is 0 Å². The van der Waals surface area contributed by atoms with Gasteiger partial charge in [-0.15, -0.1) is 0 Å². The Labute approximate surface area is 131 Å². The van der Waals surface area contributed by atoms with Gasteiger partial charge in [-0.25, -0.2) is 0 Å². The first kappa shape index (κ1) is 17.5. The van der Waals surface area contributed by atoms with Gasteiger partial charge in [0.1, 0.15) is 0 Å². The molecule has 0 aliphatic rings. The summed E-state index contributed by atoms with van der Waals surface area (Å²) in [5.41, 5.74) is 1.09. The summed E-state index contributed by atoms with van der Waals surface area (Å²) in [7, 11) is 0. The van der Waals surface area contributed by atoms with E-state index in [1.54, 1.807) is 4.90 Å². The van der Waals surface area contributed by atoms with E-state index in [0.29, 0.717) is 18.0 Å². The molecule has 1 aromatic carbocycles. The van der Waals surface area contributed by atoms with Crippen molar-refractivity contribution in [2.75, 3.05) is 13.1 Å². The number of hydrogen-bond acceptors (Lipinski definition) is 2. The Balaban J connectivity index is 2.52. The first-order valence-electron chi connectivity index (χ1n) is 7.21. The SMILES string of the molecule is CCC(C)NC(=O)CN(CCc1ccc(Cl)cc1)C(C)=O. The fourth-order valence-electron chi connectivity index (χ4n) is 1.86. The van der Waals surface area contributed by atoms with Crippen molar-refractivity contribution in [1.82, 2.24) is 10.2 Å². The number of nitrogens with zero attached hydrogens (tertiary/aromatic N) is 1. The minimum absolute atomic E-state index is 0.0942. The Morgan fingerprint density at radius 1 is 1.29 bits per heavy atom. The van der Waals surface area contributed by atoms with Crippen LogP contribution in [0.5, 0.6) is 0 Å². The number of amides is 2. The predicted octanol–water partition coefficient (Wildman–Crippen LogP) is 2.65. The zero-order valence-electron chi connectivity index (χ0n) is 12.9. The molecule has 0 bridgehead atoms. The van der Waals surface area contributed by atoms with Crippen LogP contribution in [0.4, 0.5) is 0 Å². The molecule has 0 fully saturated rings. The molecule has 0 radical (unpaired) electrons. The number of carbonyl (C=O) groups is 2. The molecule has 2 amide bonds. The summed E-state index contributed by atoms with van der Waals surface area (Å²) in [6, 6.07) is 7.64. The van der Waals surface area contributed by atoms with Gasteiger partial charge in [0.05, 0.1) is 6.54 Å². The van der Waals surface area contributed by atoms with E-state index in [-0.39, 0.29) is 24.4 Å². The smallest absolute Gasteiger partial charge is 0.239 e. The molecule has 1 atom stereocenters. The molecule has 1 unspecified atom stereocenters. The van der Waals surface area contributed by atoms with Crippen LogP contribution in [0.2, 0.25) is 5.02 Å². The zero-order chi connectivity index (χ0) is 15.8. The molecule has 0 saturated carbocycles. The van der Waals surface area contributed by atoms with Crippen molar-refractivity contribution in [3.05, 3.63) is 34.9 Å². The molecular weight excluding hydrogens is 288 g/mol. The number of carbonyl (C=O) groups excluding carboxylic acids is 2. The molecule has 1 N–H and O–H groups in total. The molecule has 0 saturated heterocycles. The van der Waals surface area contributed by atoms with E-state index in [4.69, 9.17) is 11.6 Å². The minimum Gasteiger partial charge on any atom is -0.352 e. The van der Waals surface area contributed by atoms with Crippen LogP contribution >= 0.6 is 11.6 Å². The van der Waals surface area contributed by atoms with Gasteiger partial charge in [0, 0.05) is 24.5 Å². The number of rotatable bonds is 7. The Bertz CT molecular complexity index is 474. The zero-order valence-corrected chi connectivity index (χ0v) is 13.6. The molecule has 5 heteroatoms. The summed E-state index contributed by atoms with van der Waals surface area (Å²) in [5.74, 6) is -0.209. The third kappa shape index (κ3) is 6.63. The van der Waals surface area contributed by atoms with Gasteiger partial charge < -0.3 is 10.2 Å². The van der Waals surface area contributed by atoms with Gasteiger partial charge in [0.2, 0.25) is 11.8 Å². The van der Waals surface area contributed by atoms with Crippen molar-refractivity contribution in [2.24, 2.45) is 0 Å². The average Bonchev–Trinajstić information content (AvgIpc) is 2.44. The predicted molar refractivity (Wildman–Crippen MR) is 85.3 cm³/mol. The van der Waals surface area contributed by atoms with Crippen LogP contribution in [0.1, 0.15) is 32.8 Å². The molecule has 0 aromatic heterocycles. The van der Waals surface area contributed by atoms with Crippen molar-refractivity contribution in [1.29, 1.82) is 0 Å². The molecule has 1 aromatic rings. The maximum atomic E-state index is 11.9. The highest BCUT2D eigenvalue weighted by Crippen LogP contribution is 2.10. The largest absolute Gasteiger partial charge is 0.352 e. The highest BCUT2D eigenvalue weighted by atomic mass is 35.5. The molecule has 4 nitrogen and oxygen atoms in total. The monoisotopic (exact) mass is 310 g/mol. The van der Waals surface area contributed by atoms with Gasteiger partial charge in [-0.2, -0.15) is 0 Å². The van der Waals surface area contributed by atoms with Crippen molar-refractivity contribution in [3.8, 4) is 0 Å². The quantitative estimate of drug-likeness (QED) is 0.841. The van der Waals surface area contributed by atoms with Crippen LogP contribution in [0.3, 0.4) is 0 Å². The number of benzene rings is 1. The van der Waals surface area contributed by atoms with Gasteiger partial charge >= 0.3 is 0 Å². The van der Waals surface area contributed by atoms with E-state index in [1.807, 2.05) is 38.1 Å². The van der Waals surface area contributed by atoms with E-state index in [0.717, 1.165) is 12.0 Å². The molecule has 116 valence electrons. The highest BCUT2D eigenvalue weighted by Gasteiger charge is 2.14. The molecule has 0 spiro atoms. The normalized spacial score (nSPS) is 11.8. The van der Waals surface area contributed by atoms with Crippen LogP contribution < -0.4 is 5.32 Å². The van der Waals surface area contributed by atoms with Crippen molar-refractivity contribution in [3.63, 3.8) is 0 Å². The Hall–Kier alpha value is -1.55. The fourth-order valence-corrected chi connectivity index (χ4v) is 1.98. The lowest BCUT2D eigenvalue weighted by atomic mass is 10.1. The second kappa shape index (κ2) is 8.67. The van der Waals surface area contributed by atoms with Crippen LogP contribution in [-0.2, 0) is 16.0 Å². The maximum Gasteiger partial charge on any atom is 0.239 e. The van der Waals surface area contributed by atoms with Gasteiger partial charge in [-0.3, -0.25) is 9.59 Å². The first-order valence-corrected chi connectivity index (χ1v) is 7.59. The van der Waals surface area contributed by atoms with E-state index in [9.17, 15) is 9.59 Å². The van der Waals surface area contributed by atoms with E-state index in [2.05, 4.69) is 5.32 Å². The molecular formula is C16H23ClN2O2. The molecule has 0 aliphatic heterocycles. The molecule has 1 rings (SSSR count).